The molecule has 5 rings (SSSR count). The topological polar surface area (TPSA) is 89.3 Å². The van der Waals surface area contributed by atoms with Crippen LogP contribution in [0.3, 0.4) is 0 Å². The molecule has 3 atom stereocenters. The summed E-state index contributed by atoms with van der Waals surface area (Å²) in [5.74, 6) is 0.501. The van der Waals surface area contributed by atoms with Crippen molar-refractivity contribution in [3.8, 4) is 22.9 Å². The summed E-state index contributed by atoms with van der Waals surface area (Å²) in [5.41, 5.74) is 1.14. The largest absolute Gasteiger partial charge is 0.507 e. The van der Waals surface area contributed by atoms with Crippen LogP contribution in [0.5, 0.6) is 11.6 Å². The molecule has 0 aliphatic carbocycles. The van der Waals surface area contributed by atoms with E-state index in [4.69, 9.17) is 4.74 Å². The molecule has 2 fully saturated rings. The minimum atomic E-state index is -0.150. The Balaban J connectivity index is 1.39. The lowest BCUT2D eigenvalue weighted by Crippen LogP contribution is -2.65. The number of benzene rings is 1. The number of aryl methyl sites for hydroxylation is 1. The molecule has 4 heterocycles. The van der Waals surface area contributed by atoms with Crippen molar-refractivity contribution in [3.63, 3.8) is 0 Å². The maximum absolute atomic E-state index is 12.3. The number of ether oxygens (including phenoxy) is 1. The van der Waals surface area contributed by atoms with Crippen LogP contribution < -0.4 is 15.6 Å². The minimum absolute atomic E-state index is 0.00537. The molecule has 2 aliphatic rings. The smallest absolute Gasteiger partial charge is 0.258 e. The number of fused-ring (bicyclic) bond motifs is 3. The monoisotopic (exact) mass is 420 g/mol. The summed E-state index contributed by atoms with van der Waals surface area (Å²) in [7, 11) is 1.69. The number of phenols is 1. The third kappa shape index (κ3) is 3.67. The number of nitrogens with zero attached hydrogens (tertiary/aromatic N) is 3. The zero-order chi connectivity index (χ0) is 21.8. The van der Waals surface area contributed by atoms with E-state index in [1.807, 2.05) is 6.07 Å². The molecule has 2 N–H and O–H groups in total. The Morgan fingerprint density at radius 2 is 1.87 bits per heavy atom. The Kier molecular flexibility index (Phi) is 4.55. The highest BCUT2D eigenvalue weighted by molar-refractivity contribution is 5.89. The van der Waals surface area contributed by atoms with Crippen molar-refractivity contribution < 1.29 is 9.84 Å². The van der Waals surface area contributed by atoms with E-state index < -0.39 is 0 Å². The number of piperidine rings is 2. The average molecular weight is 421 g/mol. The molecule has 0 unspecified atom stereocenters. The first-order chi connectivity index (χ1) is 14.7. The lowest BCUT2D eigenvalue weighted by Gasteiger charge is -2.53. The van der Waals surface area contributed by atoms with Crippen LogP contribution >= 0.6 is 0 Å². The molecule has 162 valence electrons. The first-order valence-electron chi connectivity index (χ1n) is 10.9. The highest BCUT2D eigenvalue weighted by Gasteiger charge is 2.46. The van der Waals surface area contributed by atoms with Crippen molar-refractivity contribution in [1.82, 2.24) is 20.1 Å². The van der Waals surface area contributed by atoms with Gasteiger partial charge in [-0.25, -0.2) is 0 Å². The maximum atomic E-state index is 12.3. The number of aromatic hydroxyl groups is 1. The number of aromatic nitrogens is 3. The molecule has 2 aromatic heterocycles. The Labute approximate surface area is 181 Å². The fourth-order valence-corrected chi connectivity index (χ4v) is 5.47. The van der Waals surface area contributed by atoms with E-state index in [0.29, 0.717) is 22.5 Å². The van der Waals surface area contributed by atoms with Crippen LogP contribution in [0.15, 0.2) is 41.3 Å². The van der Waals surface area contributed by atoms with Gasteiger partial charge in [0.1, 0.15) is 11.9 Å². The van der Waals surface area contributed by atoms with E-state index in [-0.39, 0.29) is 28.5 Å². The first-order valence-corrected chi connectivity index (χ1v) is 10.9. The lowest BCUT2D eigenvalue weighted by molar-refractivity contribution is 0.00726. The van der Waals surface area contributed by atoms with Crippen molar-refractivity contribution >= 4 is 10.8 Å². The predicted octanol–water partition coefficient (Wildman–Crippen LogP) is 3.53. The van der Waals surface area contributed by atoms with Crippen LogP contribution in [0.2, 0.25) is 0 Å². The van der Waals surface area contributed by atoms with Crippen molar-refractivity contribution in [2.24, 2.45) is 7.05 Å². The molecule has 3 aromatic rings. The van der Waals surface area contributed by atoms with E-state index in [1.165, 1.54) is 17.1 Å². The molecule has 2 bridgehead atoms. The van der Waals surface area contributed by atoms with Crippen molar-refractivity contribution in [1.29, 1.82) is 0 Å². The molecule has 7 heteroatoms. The SMILES string of the molecule is Cn1ccc2cc(-c3ccc(O[C@H]4C[C@]5(C)CCC[C@](C)(C4)N5)nn3)c(O)cc2c1=O. The summed E-state index contributed by atoms with van der Waals surface area (Å²) >= 11 is 0. The van der Waals surface area contributed by atoms with Crippen LogP contribution in [-0.4, -0.2) is 37.1 Å². The number of hydrogen-bond donors (Lipinski definition) is 2. The summed E-state index contributed by atoms with van der Waals surface area (Å²) in [6, 6.07) is 8.72. The number of nitrogens with one attached hydrogen (secondary N) is 1. The van der Waals surface area contributed by atoms with Gasteiger partial charge in [-0.05, 0) is 62.8 Å². The Morgan fingerprint density at radius 1 is 1.13 bits per heavy atom. The average Bonchev–Trinajstić information content (AvgIpc) is 2.70. The molecule has 1 aromatic carbocycles. The minimum Gasteiger partial charge on any atom is -0.507 e. The summed E-state index contributed by atoms with van der Waals surface area (Å²) in [6.45, 7) is 4.56. The van der Waals surface area contributed by atoms with Gasteiger partial charge in [-0.3, -0.25) is 4.79 Å². The van der Waals surface area contributed by atoms with Crippen molar-refractivity contribution in [2.75, 3.05) is 0 Å². The molecular formula is C24H28N4O3. The second-order valence-corrected chi connectivity index (χ2v) is 9.69. The second kappa shape index (κ2) is 7.05. The molecule has 2 aliphatic heterocycles. The van der Waals surface area contributed by atoms with Gasteiger partial charge in [-0.1, -0.05) is 0 Å². The highest BCUT2D eigenvalue weighted by Crippen LogP contribution is 2.41. The maximum Gasteiger partial charge on any atom is 0.258 e. The third-order valence-corrected chi connectivity index (χ3v) is 6.82. The van der Waals surface area contributed by atoms with Gasteiger partial charge < -0.3 is 19.7 Å². The van der Waals surface area contributed by atoms with Crippen LogP contribution in [0.1, 0.15) is 46.0 Å². The Bertz CT molecular complexity index is 1190. The van der Waals surface area contributed by atoms with Gasteiger partial charge >= 0.3 is 0 Å². The van der Waals surface area contributed by atoms with Crippen LogP contribution in [0.4, 0.5) is 0 Å². The summed E-state index contributed by atoms with van der Waals surface area (Å²) < 4.78 is 7.71. The van der Waals surface area contributed by atoms with Gasteiger partial charge in [0.25, 0.3) is 5.56 Å². The fourth-order valence-electron chi connectivity index (χ4n) is 5.47. The van der Waals surface area contributed by atoms with Gasteiger partial charge in [0.05, 0.1) is 11.1 Å². The van der Waals surface area contributed by atoms with Gasteiger partial charge in [0.15, 0.2) is 0 Å². The molecule has 2 saturated heterocycles. The quantitative estimate of drug-likeness (QED) is 0.674. The standard InChI is InChI=1S/C24H28N4O3/c1-23-8-4-9-24(2,27-23)14-16(13-23)31-21-6-5-19(25-26-21)18-11-15-7-10-28(3)22(30)17(15)12-20(18)29/h5-7,10-12,16,27,29H,4,8-9,13-14H2,1-3H3/t16-,23-,24+. The number of rotatable bonds is 3. The summed E-state index contributed by atoms with van der Waals surface area (Å²) in [5, 5.41) is 24.1. The van der Waals surface area contributed by atoms with Gasteiger partial charge in [0, 0.05) is 48.8 Å². The molecule has 0 radical (unpaired) electrons. The van der Waals surface area contributed by atoms with Gasteiger partial charge in [-0.15, -0.1) is 10.2 Å². The van der Waals surface area contributed by atoms with E-state index in [1.54, 1.807) is 31.4 Å². The first kappa shape index (κ1) is 20.0. The lowest BCUT2D eigenvalue weighted by atomic mass is 9.70. The predicted molar refractivity (Wildman–Crippen MR) is 119 cm³/mol. The van der Waals surface area contributed by atoms with Gasteiger partial charge in [0.2, 0.25) is 5.88 Å². The second-order valence-electron chi connectivity index (χ2n) is 9.69. The molecule has 7 nitrogen and oxygen atoms in total. The Morgan fingerprint density at radius 3 is 2.55 bits per heavy atom. The molecule has 0 amide bonds. The molecule has 0 spiro atoms. The van der Waals surface area contributed by atoms with Crippen LogP contribution in [-0.2, 0) is 7.05 Å². The van der Waals surface area contributed by atoms with E-state index in [2.05, 4.69) is 29.4 Å². The number of pyridine rings is 1. The molecule has 31 heavy (non-hydrogen) atoms. The molecular weight excluding hydrogens is 392 g/mol. The Hall–Kier alpha value is -2.93. The zero-order valence-electron chi connectivity index (χ0n) is 18.2. The van der Waals surface area contributed by atoms with E-state index >= 15 is 0 Å². The fraction of sp³-hybridized carbons (Fsp3) is 0.458. The molecule has 0 saturated carbocycles. The normalized spacial score (nSPS) is 27.9. The summed E-state index contributed by atoms with van der Waals surface area (Å²) in [6.07, 6.45) is 7.29. The van der Waals surface area contributed by atoms with Crippen molar-refractivity contribution in [3.05, 3.63) is 46.9 Å². The highest BCUT2D eigenvalue weighted by atomic mass is 16.5. The zero-order valence-corrected chi connectivity index (χ0v) is 18.2. The van der Waals surface area contributed by atoms with Crippen LogP contribution in [0, 0.1) is 0 Å². The number of phenolic OH excluding ortho intramolecular Hbond substituents is 1. The van der Waals surface area contributed by atoms with Crippen molar-refractivity contribution in [2.45, 2.75) is 63.1 Å². The van der Waals surface area contributed by atoms with Crippen LogP contribution in [0.25, 0.3) is 22.0 Å². The summed E-state index contributed by atoms with van der Waals surface area (Å²) in [4.78, 5) is 12.3. The van der Waals surface area contributed by atoms with Gasteiger partial charge in [-0.2, -0.15) is 0 Å². The number of hydrogen-bond acceptors (Lipinski definition) is 6. The third-order valence-electron chi connectivity index (χ3n) is 6.82. The van der Waals surface area contributed by atoms with E-state index in [9.17, 15) is 9.90 Å². The van der Waals surface area contributed by atoms with E-state index in [0.717, 1.165) is 31.1 Å².